The van der Waals surface area contributed by atoms with Gasteiger partial charge >= 0.3 is 0 Å². The van der Waals surface area contributed by atoms with E-state index in [1.54, 1.807) is 0 Å². The van der Waals surface area contributed by atoms with Crippen LogP contribution in [0.5, 0.6) is 0 Å². The number of imidazole rings is 1. The molecule has 0 aliphatic carbocycles. The molecule has 1 N–H and O–H groups in total. The number of hydrogen-bond donors (Lipinski definition) is 1. The Kier molecular flexibility index (Phi) is 4.38. The Morgan fingerprint density at radius 2 is 1.79 bits per heavy atom. The van der Waals surface area contributed by atoms with E-state index in [1.165, 1.54) is 0 Å². The maximum absolute atomic E-state index is 12.4. The Balaban J connectivity index is 1.98. The first-order valence-electron chi connectivity index (χ1n) is 8.32. The molecule has 0 spiro atoms. The van der Waals surface area contributed by atoms with E-state index in [-0.39, 0.29) is 11.9 Å². The zero-order chi connectivity index (χ0) is 17.3. The Hall–Kier alpha value is -2.62. The molecule has 1 amide bonds. The number of aromatic nitrogens is 2. The molecule has 2 aromatic carbocycles. The van der Waals surface area contributed by atoms with Crippen LogP contribution >= 0.6 is 0 Å². The summed E-state index contributed by atoms with van der Waals surface area (Å²) in [5, 5.41) is 3.04. The van der Waals surface area contributed by atoms with Gasteiger partial charge in [-0.2, -0.15) is 0 Å². The van der Waals surface area contributed by atoms with Crippen LogP contribution in [0, 0.1) is 12.8 Å². The van der Waals surface area contributed by atoms with Gasteiger partial charge in [0.05, 0.1) is 11.0 Å². The smallest absolute Gasteiger partial charge is 0.251 e. The molecule has 0 aliphatic rings. The first-order chi connectivity index (χ1) is 11.5. The molecule has 4 heteroatoms. The van der Waals surface area contributed by atoms with Gasteiger partial charge in [-0.25, -0.2) is 4.98 Å². The lowest BCUT2D eigenvalue weighted by atomic mass is 10.1. The number of aryl methyl sites for hydroxylation is 1. The molecule has 1 atom stereocenters. The first-order valence-corrected chi connectivity index (χ1v) is 8.32. The molecule has 1 unspecified atom stereocenters. The van der Waals surface area contributed by atoms with Crippen LogP contribution in [0.1, 0.15) is 37.0 Å². The average molecular weight is 321 g/mol. The average Bonchev–Trinajstić information content (AvgIpc) is 2.90. The second-order valence-corrected chi connectivity index (χ2v) is 6.54. The summed E-state index contributed by atoms with van der Waals surface area (Å²) in [6, 6.07) is 16.0. The lowest BCUT2D eigenvalue weighted by Crippen LogP contribution is -2.36. The molecule has 124 valence electrons. The number of nitrogens with zero attached hydrogens (tertiary/aromatic N) is 2. The van der Waals surface area contributed by atoms with Gasteiger partial charge in [-0.05, 0) is 50.1 Å². The number of rotatable bonds is 4. The molecule has 1 aromatic heterocycles. The van der Waals surface area contributed by atoms with Crippen molar-refractivity contribution in [2.24, 2.45) is 5.92 Å². The van der Waals surface area contributed by atoms with Gasteiger partial charge in [0.1, 0.15) is 5.82 Å². The molecule has 0 fully saturated rings. The van der Waals surface area contributed by atoms with Crippen LogP contribution < -0.4 is 5.32 Å². The molecular weight excluding hydrogens is 298 g/mol. The molecule has 4 nitrogen and oxygen atoms in total. The van der Waals surface area contributed by atoms with Gasteiger partial charge in [0.25, 0.3) is 5.91 Å². The number of hydrogen-bond acceptors (Lipinski definition) is 2. The Bertz CT molecular complexity index is 865. The molecule has 0 aliphatic heterocycles. The fourth-order valence-electron chi connectivity index (χ4n) is 2.70. The Morgan fingerprint density at radius 3 is 2.46 bits per heavy atom. The van der Waals surface area contributed by atoms with Crippen LogP contribution in [0.4, 0.5) is 0 Å². The van der Waals surface area contributed by atoms with Crippen molar-refractivity contribution >= 4 is 16.9 Å². The SMILES string of the molecule is Cc1nc2cc(C(=O)NC(C)C(C)C)ccc2n1-c1ccccc1. The topological polar surface area (TPSA) is 46.9 Å². The van der Waals surface area contributed by atoms with Gasteiger partial charge in [-0.15, -0.1) is 0 Å². The van der Waals surface area contributed by atoms with Gasteiger partial charge in [0, 0.05) is 17.3 Å². The zero-order valence-electron chi connectivity index (χ0n) is 14.6. The lowest BCUT2D eigenvalue weighted by molar-refractivity contribution is 0.0930. The minimum atomic E-state index is -0.0509. The summed E-state index contributed by atoms with van der Waals surface area (Å²) >= 11 is 0. The monoisotopic (exact) mass is 321 g/mol. The zero-order valence-corrected chi connectivity index (χ0v) is 14.6. The Labute approximate surface area is 142 Å². The molecule has 1 heterocycles. The van der Waals surface area contributed by atoms with Crippen LogP contribution in [0.2, 0.25) is 0 Å². The summed E-state index contributed by atoms with van der Waals surface area (Å²) in [5.41, 5.74) is 3.56. The fourth-order valence-corrected chi connectivity index (χ4v) is 2.70. The van der Waals surface area contributed by atoms with E-state index < -0.39 is 0 Å². The molecule has 0 radical (unpaired) electrons. The second kappa shape index (κ2) is 6.48. The van der Waals surface area contributed by atoms with Gasteiger partial charge < -0.3 is 5.32 Å². The summed E-state index contributed by atoms with van der Waals surface area (Å²) < 4.78 is 2.10. The lowest BCUT2D eigenvalue weighted by Gasteiger charge is -2.17. The second-order valence-electron chi connectivity index (χ2n) is 6.54. The minimum Gasteiger partial charge on any atom is -0.349 e. The Morgan fingerprint density at radius 1 is 1.08 bits per heavy atom. The third kappa shape index (κ3) is 3.04. The third-order valence-corrected chi connectivity index (χ3v) is 4.46. The molecule has 3 aromatic rings. The van der Waals surface area contributed by atoms with Gasteiger partial charge in [-0.3, -0.25) is 9.36 Å². The van der Waals surface area contributed by atoms with Crippen molar-refractivity contribution in [1.82, 2.24) is 14.9 Å². The molecule has 0 saturated heterocycles. The highest BCUT2D eigenvalue weighted by atomic mass is 16.1. The molecule has 24 heavy (non-hydrogen) atoms. The van der Waals surface area contributed by atoms with Gasteiger partial charge in [0.15, 0.2) is 0 Å². The van der Waals surface area contributed by atoms with Crippen molar-refractivity contribution in [3.8, 4) is 5.69 Å². The predicted octanol–water partition coefficient (Wildman–Crippen LogP) is 4.11. The minimum absolute atomic E-state index is 0.0509. The van der Waals surface area contributed by atoms with Crippen molar-refractivity contribution in [2.45, 2.75) is 33.7 Å². The summed E-state index contributed by atoms with van der Waals surface area (Å²) in [7, 11) is 0. The molecule has 0 saturated carbocycles. The van der Waals surface area contributed by atoms with Crippen molar-refractivity contribution in [3.63, 3.8) is 0 Å². The van der Waals surface area contributed by atoms with Crippen molar-refractivity contribution in [3.05, 3.63) is 59.9 Å². The maximum atomic E-state index is 12.4. The molecular formula is C20H23N3O. The number of carbonyl (C=O) groups excluding carboxylic acids is 1. The van der Waals surface area contributed by atoms with Gasteiger partial charge in [-0.1, -0.05) is 32.0 Å². The number of carbonyl (C=O) groups is 1. The fraction of sp³-hybridized carbons (Fsp3) is 0.300. The summed E-state index contributed by atoms with van der Waals surface area (Å²) in [6.45, 7) is 8.20. The number of benzene rings is 2. The standard InChI is InChI=1S/C20H23N3O/c1-13(2)14(3)21-20(24)16-10-11-19-18(12-16)22-15(4)23(19)17-8-6-5-7-9-17/h5-14H,1-4H3,(H,21,24). The highest BCUT2D eigenvalue weighted by molar-refractivity contribution is 5.97. The van der Waals surface area contributed by atoms with Gasteiger partial charge in [0.2, 0.25) is 0 Å². The van der Waals surface area contributed by atoms with Crippen LogP contribution in [-0.4, -0.2) is 21.5 Å². The highest BCUT2D eigenvalue weighted by Crippen LogP contribution is 2.22. The number of amides is 1. The van der Waals surface area contributed by atoms with E-state index >= 15 is 0 Å². The maximum Gasteiger partial charge on any atom is 0.251 e. The number of fused-ring (bicyclic) bond motifs is 1. The third-order valence-electron chi connectivity index (χ3n) is 4.46. The predicted molar refractivity (Wildman–Crippen MR) is 97.6 cm³/mol. The first kappa shape index (κ1) is 16.2. The molecule has 3 rings (SSSR count). The van der Waals surface area contributed by atoms with E-state index in [4.69, 9.17) is 0 Å². The van der Waals surface area contributed by atoms with Crippen LogP contribution in [-0.2, 0) is 0 Å². The largest absolute Gasteiger partial charge is 0.349 e. The van der Waals surface area contributed by atoms with Crippen LogP contribution in [0.3, 0.4) is 0 Å². The van der Waals surface area contributed by atoms with Crippen molar-refractivity contribution < 1.29 is 4.79 Å². The normalized spacial score (nSPS) is 12.5. The van der Waals surface area contributed by atoms with E-state index in [1.807, 2.05) is 50.2 Å². The van der Waals surface area contributed by atoms with Crippen molar-refractivity contribution in [2.75, 3.05) is 0 Å². The van der Waals surface area contributed by atoms with E-state index in [9.17, 15) is 4.79 Å². The van der Waals surface area contributed by atoms with Crippen LogP contribution in [0.25, 0.3) is 16.7 Å². The van der Waals surface area contributed by atoms with E-state index in [0.717, 1.165) is 22.5 Å². The van der Waals surface area contributed by atoms with E-state index in [2.05, 4.69) is 40.8 Å². The summed E-state index contributed by atoms with van der Waals surface area (Å²) in [5.74, 6) is 1.26. The molecule has 0 bridgehead atoms. The highest BCUT2D eigenvalue weighted by Gasteiger charge is 2.15. The number of para-hydroxylation sites is 1. The summed E-state index contributed by atoms with van der Waals surface area (Å²) in [4.78, 5) is 17.0. The quantitative estimate of drug-likeness (QED) is 0.786. The number of nitrogens with one attached hydrogen (secondary N) is 1. The summed E-state index contributed by atoms with van der Waals surface area (Å²) in [6.07, 6.45) is 0. The van der Waals surface area contributed by atoms with E-state index in [0.29, 0.717) is 11.5 Å². The van der Waals surface area contributed by atoms with Crippen LogP contribution in [0.15, 0.2) is 48.5 Å². The van der Waals surface area contributed by atoms with Crippen molar-refractivity contribution in [1.29, 1.82) is 0 Å².